The number of hydrogen-bond acceptors (Lipinski definition) is 5. The van der Waals surface area contributed by atoms with E-state index in [0.29, 0.717) is 11.4 Å². The molecule has 0 saturated heterocycles. The van der Waals surface area contributed by atoms with E-state index in [9.17, 15) is 8.42 Å². The summed E-state index contributed by atoms with van der Waals surface area (Å²) in [7, 11) is -3.67. The van der Waals surface area contributed by atoms with Crippen LogP contribution in [-0.4, -0.2) is 18.0 Å². The van der Waals surface area contributed by atoms with Gasteiger partial charge in [0.1, 0.15) is 16.3 Å². The third kappa shape index (κ3) is 3.16. The van der Waals surface area contributed by atoms with Gasteiger partial charge in [-0.05, 0) is 29.8 Å². The maximum atomic E-state index is 12.6. The lowest BCUT2D eigenvalue weighted by Gasteiger charge is -2.09. The van der Waals surface area contributed by atoms with Crippen molar-refractivity contribution in [2.45, 2.75) is 11.4 Å². The van der Waals surface area contributed by atoms with Crippen molar-refractivity contribution < 1.29 is 8.42 Å². The first-order chi connectivity index (χ1) is 12.1. The molecule has 0 aliphatic carbocycles. The summed E-state index contributed by atoms with van der Waals surface area (Å²) in [4.78, 5) is 4.15. The number of nitrogens with zero attached hydrogens (tertiary/aromatic N) is 4. The lowest BCUT2D eigenvalue weighted by molar-refractivity contribution is 0.581. The molecule has 1 N–H and O–H groups in total. The fraction of sp³-hybridized carbons (Fsp3) is 0.0625. The summed E-state index contributed by atoms with van der Waals surface area (Å²) >= 11 is 0.998. The zero-order chi connectivity index (χ0) is 17.3. The average Bonchev–Trinajstić information content (AvgIpc) is 3.31. The van der Waals surface area contributed by atoms with Gasteiger partial charge in [-0.15, -0.1) is 0 Å². The highest BCUT2D eigenvalue weighted by Crippen LogP contribution is 2.37. The summed E-state index contributed by atoms with van der Waals surface area (Å²) < 4.78 is 37.8. The van der Waals surface area contributed by atoms with E-state index >= 15 is 0 Å². The molecule has 0 amide bonds. The van der Waals surface area contributed by atoms with Gasteiger partial charge in [0.2, 0.25) is 10.0 Å². The fourth-order valence-electron chi connectivity index (χ4n) is 2.45. The van der Waals surface area contributed by atoms with Gasteiger partial charge in [-0.25, -0.2) is 18.1 Å². The van der Waals surface area contributed by atoms with Crippen LogP contribution in [0.5, 0.6) is 0 Å². The summed E-state index contributed by atoms with van der Waals surface area (Å²) in [5.41, 5.74) is 2.80. The highest BCUT2D eigenvalue weighted by atomic mass is 32.2. The normalized spacial score (nSPS) is 12.8. The first-order valence-electron chi connectivity index (χ1n) is 7.42. The van der Waals surface area contributed by atoms with E-state index in [-0.39, 0.29) is 11.4 Å². The zero-order valence-corrected chi connectivity index (χ0v) is 14.5. The molecule has 3 aromatic rings. The topological polar surface area (TPSA) is 88.7 Å². The molecule has 1 aliphatic rings. The van der Waals surface area contributed by atoms with Gasteiger partial charge >= 0.3 is 0 Å². The zero-order valence-electron chi connectivity index (χ0n) is 12.9. The minimum Gasteiger partial charge on any atom is -0.306 e. The predicted octanol–water partition coefficient (Wildman–Crippen LogP) is 3.08. The predicted molar refractivity (Wildman–Crippen MR) is 95.6 cm³/mol. The van der Waals surface area contributed by atoms with E-state index in [4.69, 9.17) is 0 Å². The molecule has 0 unspecified atom stereocenters. The van der Waals surface area contributed by atoms with E-state index < -0.39 is 10.0 Å². The second-order valence-electron chi connectivity index (χ2n) is 5.35. The van der Waals surface area contributed by atoms with E-state index in [1.54, 1.807) is 24.7 Å². The van der Waals surface area contributed by atoms with Gasteiger partial charge in [0.05, 0.1) is 17.7 Å². The molecule has 0 atom stereocenters. The van der Waals surface area contributed by atoms with Crippen LogP contribution in [0.3, 0.4) is 0 Å². The lowest BCUT2D eigenvalue weighted by atomic mass is 10.2. The molecule has 1 aromatic heterocycles. The van der Waals surface area contributed by atoms with Crippen molar-refractivity contribution in [3.8, 4) is 5.69 Å². The Morgan fingerprint density at radius 2 is 1.92 bits per heavy atom. The molecule has 0 spiro atoms. The smallest absolute Gasteiger partial charge is 0.243 e. The number of imidazole rings is 1. The van der Waals surface area contributed by atoms with Gasteiger partial charge in [-0.1, -0.05) is 18.2 Å². The monoisotopic (exact) mass is 371 g/mol. The summed E-state index contributed by atoms with van der Waals surface area (Å²) in [5.74, 6) is 0. The molecule has 7 nitrogen and oxygen atoms in total. The Balaban J connectivity index is 1.51. The van der Waals surface area contributed by atoms with Crippen LogP contribution in [0, 0.1) is 0 Å². The van der Waals surface area contributed by atoms with Gasteiger partial charge in [-0.2, -0.15) is 8.73 Å². The van der Waals surface area contributed by atoms with Crippen LogP contribution in [0.15, 0.2) is 74.8 Å². The first-order valence-corrected chi connectivity index (χ1v) is 9.63. The maximum Gasteiger partial charge on any atom is 0.243 e. The van der Waals surface area contributed by atoms with E-state index in [2.05, 4.69) is 18.4 Å². The molecule has 126 valence electrons. The number of aromatic nitrogens is 2. The van der Waals surface area contributed by atoms with Gasteiger partial charge in [-0.3, -0.25) is 0 Å². The second-order valence-corrected chi connectivity index (χ2v) is 7.61. The highest BCUT2D eigenvalue weighted by molar-refractivity contribution is 7.89. The molecule has 0 fully saturated rings. The Bertz CT molecular complexity index is 1080. The van der Waals surface area contributed by atoms with Crippen LogP contribution in [0.25, 0.3) is 5.69 Å². The SMILES string of the molecule is O=S(=O)(NCc1ccc(-n2ccnc2)cc1)c1cccc2c1N=S=N2. The quantitative estimate of drug-likeness (QED) is 0.585. The Morgan fingerprint density at radius 1 is 1.08 bits per heavy atom. The molecule has 25 heavy (non-hydrogen) atoms. The Kier molecular flexibility index (Phi) is 4.04. The Hall–Kier alpha value is -2.62. The molecular formula is C16H13N5O2S2. The van der Waals surface area contributed by atoms with Crippen LogP contribution in [0.4, 0.5) is 11.4 Å². The van der Waals surface area contributed by atoms with Crippen LogP contribution in [-0.2, 0) is 27.9 Å². The van der Waals surface area contributed by atoms with Crippen molar-refractivity contribution in [3.63, 3.8) is 0 Å². The molecule has 2 heterocycles. The number of nitrogens with one attached hydrogen (secondary N) is 1. The van der Waals surface area contributed by atoms with Gasteiger partial charge in [0, 0.05) is 24.6 Å². The second kappa shape index (κ2) is 6.36. The van der Waals surface area contributed by atoms with Crippen molar-refractivity contribution >= 4 is 32.8 Å². The van der Waals surface area contributed by atoms with Crippen molar-refractivity contribution in [1.82, 2.24) is 14.3 Å². The Morgan fingerprint density at radius 3 is 2.68 bits per heavy atom. The lowest BCUT2D eigenvalue weighted by Crippen LogP contribution is -2.23. The van der Waals surface area contributed by atoms with Gasteiger partial charge in [0.25, 0.3) is 0 Å². The van der Waals surface area contributed by atoms with Gasteiger partial charge in [0.15, 0.2) is 0 Å². The average molecular weight is 371 g/mol. The van der Waals surface area contributed by atoms with Gasteiger partial charge < -0.3 is 4.57 Å². The van der Waals surface area contributed by atoms with Crippen LogP contribution in [0.2, 0.25) is 0 Å². The minimum absolute atomic E-state index is 0.147. The van der Waals surface area contributed by atoms with E-state index in [0.717, 1.165) is 22.6 Å². The third-order valence-electron chi connectivity index (χ3n) is 3.74. The number of sulfonamides is 1. The first kappa shape index (κ1) is 15.9. The Labute approximate surface area is 148 Å². The van der Waals surface area contributed by atoms with Crippen LogP contribution in [0.1, 0.15) is 5.56 Å². The standard InChI is InChI=1S/C16H13N5O2S2/c22-25(23,15-3-1-2-14-16(15)20-24-19-14)18-10-12-4-6-13(7-5-12)21-9-8-17-11-21/h1-9,11,18H,10H2. The summed E-state index contributed by atoms with van der Waals surface area (Å²) in [5, 5.41) is 0. The summed E-state index contributed by atoms with van der Waals surface area (Å²) in [6.07, 6.45) is 5.26. The fourth-order valence-corrected chi connectivity index (χ4v) is 4.23. The largest absolute Gasteiger partial charge is 0.306 e. The molecule has 9 heteroatoms. The molecule has 0 saturated carbocycles. The van der Waals surface area contributed by atoms with Crippen molar-refractivity contribution in [3.05, 3.63) is 66.7 Å². The van der Waals surface area contributed by atoms with E-state index in [1.807, 2.05) is 35.0 Å². The van der Waals surface area contributed by atoms with Crippen molar-refractivity contribution in [1.29, 1.82) is 0 Å². The molecule has 1 aliphatic heterocycles. The molecular weight excluding hydrogens is 358 g/mol. The molecule has 0 radical (unpaired) electrons. The molecule has 2 aromatic carbocycles. The summed E-state index contributed by atoms with van der Waals surface area (Å²) in [6.45, 7) is 0.195. The molecule has 4 rings (SSSR count). The third-order valence-corrected chi connectivity index (χ3v) is 5.72. The maximum absolute atomic E-state index is 12.6. The van der Waals surface area contributed by atoms with Crippen molar-refractivity contribution in [2.75, 3.05) is 0 Å². The number of fused-ring (bicyclic) bond motifs is 1. The minimum atomic E-state index is -3.67. The number of hydrogen-bond donors (Lipinski definition) is 1. The summed E-state index contributed by atoms with van der Waals surface area (Å²) in [6, 6.07) is 12.5. The highest BCUT2D eigenvalue weighted by Gasteiger charge is 2.22. The van der Waals surface area contributed by atoms with Crippen molar-refractivity contribution in [2.24, 2.45) is 8.73 Å². The number of benzene rings is 2. The van der Waals surface area contributed by atoms with E-state index in [1.165, 1.54) is 6.07 Å². The molecule has 0 bridgehead atoms. The van der Waals surface area contributed by atoms with Crippen LogP contribution < -0.4 is 4.72 Å². The van der Waals surface area contributed by atoms with Crippen LogP contribution >= 0.6 is 0 Å². The number of rotatable bonds is 5.